The van der Waals surface area contributed by atoms with Crippen LogP contribution in [0, 0.1) is 13.8 Å². The monoisotopic (exact) mass is 333 g/mol. The van der Waals surface area contributed by atoms with Gasteiger partial charge in [0, 0.05) is 10.6 Å². The number of nitrogens with one attached hydrogen (secondary N) is 2. The predicted octanol–water partition coefficient (Wildman–Crippen LogP) is 4.26. The summed E-state index contributed by atoms with van der Waals surface area (Å²) in [6.07, 6.45) is 2.15. The first-order chi connectivity index (χ1) is 11.1. The molecule has 2 aromatic rings. The molecule has 124 valence electrons. The lowest BCUT2D eigenvalue weighted by Crippen LogP contribution is -2.28. The summed E-state index contributed by atoms with van der Waals surface area (Å²) in [6.45, 7) is 7.25. The van der Waals surface area contributed by atoms with Crippen molar-refractivity contribution in [2.45, 2.75) is 40.2 Å². The van der Waals surface area contributed by atoms with E-state index in [4.69, 9.17) is 4.74 Å². The molecule has 0 atom stereocenters. The second-order valence-corrected chi connectivity index (χ2v) is 6.56. The molecule has 0 saturated heterocycles. The van der Waals surface area contributed by atoms with Crippen LogP contribution in [0.4, 0.5) is 10.5 Å². The molecule has 2 N–H and O–H groups in total. The van der Waals surface area contributed by atoms with Crippen LogP contribution in [0.15, 0.2) is 24.3 Å². The number of anilines is 1. The summed E-state index contributed by atoms with van der Waals surface area (Å²) in [5.74, 6) is 0.820. The number of carbonyl (C=O) groups excluding carboxylic acids is 1. The minimum absolute atomic E-state index is 0.227. The lowest BCUT2D eigenvalue weighted by molar-refractivity contribution is 0.252. The van der Waals surface area contributed by atoms with Gasteiger partial charge in [-0.2, -0.15) is 0 Å². The number of urea groups is 1. The van der Waals surface area contributed by atoms with Crippen molar-refractivity contribution in [3.8, 4) is 5.75 Å². The molecule has 0 aliphatic heterocycles. The van der Waals surface area contributed by atoms with Crippen LogP contribution in [-0.4, -0.2) is 17.6 Å². The fourth-order valence-electron chi connectivity index (χ4n) is 2.04. The summed E-state index contributed by atoms with van der Waals surface area (Å²) in [6, 6.07) is 7.17. The number of rotatable bonds is 7. The van der Waals surface area contributed by atoms with Gasteiger partial charge in [-0.05, 0) is 44.5 Å². The highest BCUT2D eigenvalue weighted by Gasteiger charge is 2.07. The molecule has 0 saturated carbocycles. The number of ether oxygens (including phenoxy) is 1. The van der Waals surface area contributed by atoms with E-state index in [0.717, 1.165) is 46.5 Å². The van der Waals surface area contributed by atoms with Crippen molar-refractivity contribution in [3.63, 3.8) is 0 Å². The van der Waals surface area contributed by atoms with Gasteiger partial charge in [-0.25, -0.2) is 9.78 Å². The molecule has 1 aromatic carbocycles. The second-order valence-electron chi connectivity index (χ2n) is 5.28. The summed E-state index contributed by atoms with van der Waals surface area (Å²) in [5, 5.41) is 6.67. The molecule has 0 bridgehead atoms. The van der Waals surface area contributed by atoms with Crippen LogP contribution in [0.2, 0.25) is 0 Å². The summed E-state index contributed by atoms with van der Waals surface area (Å²) >= 11 is 1.60. The Hall–Kier alpha value is -2.08. The first-order valence-corrected chi connectivity index (χ1v) is 8.60. The first-order valence-electron chi connectivity index (χ1n) is 7.79. The van der Waals surface area contributed by atoms with E-state index in [-0.39, 0.29) is 6.03 Å². The Morgan fingerprint density at radius 1 is 1.26 bits per heavy atom. The number of aromatic nitrogens is 1. The number of thiazole rings is 1. The minimum Gasteiger partial charge on any atom is -0.494 e. The Balaban J connectivity index is 1.79. The van der Waals surface area contributed by atoms with Crippen molar-refractivity contribution in [1.82, 2.24) is 10.3 Å². The van der Waals surface area contributed by atoms with Gasteiger partial charge in [0.05, 0.1) is 23.9 Å². The van der Waals surface area contributed by atoms with E-state index < -0.39 is 0 Å². The van der Waals surface area contributed by atoms with E-state index in [1.165, 1.54) is 0 Å². The third kappa shape index (κ3) is 5.56. The molecule has 6 heteroatoms. The number of benzene rings is 1. The van der Waals surface area contributed by atoms with Crippen LogP contribution >= 0.6 is 11.3 Å². The molecule has 0 unspecified atom stereocenters. The van der Waals surface area contributed by atoms with Crippen molar-refractivity contribution in [3.05, 3.63) is 39.8 Å². The summed E-state index contributed by atoms with van der Waals surface area (Å²) < 4.78 is 5.59. The first kappa shape index (κ1) is 17.3. The molecular weight excluding hydrogens is 310 g/mol. The number of carbonyl (C=O) groups is 1. The summed E-state index contributed by atoms with van der Waals surface area (Å²) in [5.41, 5.74) is 1.71. The molecule has 23 heavy (non-hydrogen) atoms. The van der Waals surface area contributed by atoms with Crippen LogP contribution in [0.25, 0.3) is 0 Å². The maximum absolute atomic E-state index is 11.9. The van der Waals surface area contributed by atoms with Crippen molar-refractivity contribution >= 4 is 23.1 Å². The Kier molecular flexibility index (Phi) is 6.40. The van der Waals surface area contributed by atoms with E-state index >= 15 is 0 Å². The third-order valence-electron chi connectivity index (χ3n) is 3.29. The van der Waals surface area contributed by atoms with E-state index in [1.54, 1.807) is 11.3 Å². The highest BCUT2D eigenvalue weighted by Crippen LogP contribution is 2.17. The Morgan fingerprint density at radius 3 is 2.61 bits per heavy atom. The zero-order chi connectivity index (χ0) is 16.7. The van der Waals surface area contributed by atoms with Gasteiger partial charge in [-0.15, -0.1) is 11.3 Å². The maximum atomic E-state index is 11.9. The highest BCUT2D eigenvalue weighted by atomic mass is 32.1. The molecule has 5 nitrogen and oxygen atoms in total. The molecule has 0 aliphatic carbocycles. The lowest BCUT2D eigenvalue weighted by Gasteiger charge is -2.09. The third-order valence-corrected chi connectivity index (χ3v) is 4.36. The van der Waals surface area contributed by atoms with Crippen LogP contribution in [0.3, 0.4) is 0 Å². The fourth-order valence-corrected chi connectivity index (χ4v) is 2.92. The Labute approximate surface area is 141 Å². The smallest absolute Gasteiger partial charge is 0.319 e. The largest absolute Gasteiger partial charge is 0.494 e. The zero-order valence-corrected chi connectivity index (χ0v) is 14.6. The number of hydrogen-bond acceptors (Lipinski definition) is 4. The Morgan fingerprint density at radius 2 is 2.00 bits per heavy atom. The predicted molar refractivity (Wildman–Crippen MR) is 94.3 cm³/mol. The molecule has 0 radical (unpaired) electrons. The molecule has 1 heterocycles. The minimum atomic E-state index is -0.227. The maximum Gasteiger partial charge on any atom is 0.319 e. The zero-order valence-electron chi connectivity index (χ0n) is 13.8. The molecule has 1 aromatic heterocycles. The molecule has 2 amide bonds. The van der Waals surface area contributed by atoms with E-state index in [9.17, 15) is 4.79 Å². The molecule has 2 rings (SSSR count). The molecular formula is C17H23N3O2S. The average molecular weight is 333 g/mol. The van der Waals surface area contributed by atoms with E-state index in [0.29, 0.717) is 6.54 Å². The fraction of sp³-hybridized carbons (Fsp3) is 0.412. The van der Waals surface area contributed by atoms with Gasteiger partial charge < -0.3 is 15.4 Å². The number of hydrogen-bond donors (Lipinski definition) is 2. The van der Waals surface area contributed by atoms with Crippen molar-refractivity contribution in [1.29, 1.82) is 0 Å². The molecule has 0 spiro atoms. The Bertz CT molecular complexity index is 638. The number of amides is 2. The lowest BCUT2D eigenvalue weighted by atomic mass is 10.3. The van der Waals surface area contributed by atoms with E-state index in [1.807, 2.05) is 38.1 Å². The van der Waals surface area contributed by atoms with E-state index in [2.05, 4.69) is 22.5 Å². The quantitative estimate of drug-likeness (QED) is 0.744. The summed E-state index contributed by atoms with van der Waals surface area (Å²) in [4.78, 5) is 17.4. The average Bonchev–Trinajstić information content (AvgIpc) is 2.85. The van der Waals surface area contributed by atoms with Gasteiger partial charge >= 0.3 is 6.03 Å². The number of unbranched alkanes of at least 4 members (excludes halogenated alkanes) is 1. The SMILES string of the molecule is CCCCOc1ccc(NC(=O)NCc2sc(C)nc2C)cc1. The van der Waals surface area contributed by atoms with Crippen LogP contribution in [0.5, 0.6) is 5.75 Å². The van der Waals surface area contributed by atoms with Gasteiger partial charge in [0.2, 0.25) is 0 Å². The standard InChI is InChI=1S/C17H23N3O2S/c1-4-5-10-22-15-8-6-14(7-9-15)20-17(21)18-11-16-12(2)19-13(3)23-16/h6-9H,4-5,10-11H2,1-3H3,(H2,18,20,21). The van der Waals surface area contributed by atoms with Gasteiger partial charge in [0.1, 0.15) is 5.75 Å². The number of nitrogens with zero attached hydrogens (tertiary/aromatic N) is 1. The normalized spacial score (nSPS) is 10.4. The van der Waals surface area contributed by atoms with Crippen molar-refractivity contribution in [2.75, 3.05) is 11.9 Å². The van der Waals surface area contributed by atoms with Crippen LogP contribution < -0.4 is 15.4 Å². The van der Waals surface area contributed by atoms with Crippen LogP contribution in [0.1, 0.15) is 35.3 Å². The molecule has 0 fully saturated rings. The van der Waals surface area contributed by atoms with Crippen LogP contribution in [-0.2, 0) is 6.54 Å². The van der Waals surface area contributed by atoms with Crippen molar-refractivity contribution < 1.29 is 9.53 Å². The van der Waals surface area contributed by atoms with Gasteiger partial charge in [-0.3, -0.25) is 0 Å². The van der Waals surface area contributed by atoms with Gasteiger partial charge in [0.15, 0.2) is 0 Å². The second kappa shape index (κ2) is 8.53. The number of aryl methyl sites for hydroxylation is 2. The topological polar surface area (TPSA) is 63.2 Å². The highest BCUT2D eigenvalue weighted by molar-refractivity contribution is 7.11. The van der Waals surface area contributed by atoms with Gasteiger partial charge in [0.25, 0.3) is 0 Å². The molecule has 0 aliphatic rings. The van der Waals surface area contributed by atoms with Crippen molar-refractivity contribution in [2.24, 2.45) is 0 Å². The summed E-state index contributed by atoms with van der Waals surface area (Å²) in [7, 11) is 0. The van der Waals surface area contributed by atoms with Gasteiger partial charge in [-0.1, -0.05) is 13.3 Å².